The molecule has 2 heterocycles. The molecule has 0 radical (unpaired) electrons. The maximum Gasteiger partial charge on any atom is 0.0533 e. The number of nitrogens with zero attached hydrogens (tertiary/aromatic N) is 3. The molecule has 1 aromatic heterocycles. The van der Waals surface area contributed by atoms with E-state index < -0.39 is 0 Å². The van der Waals surface area contributed by atoms with Gasteiger partial charge in [0.25, 0.3) is 0 Å². The lowest BCUT2D eigenvalue weighted by atomic mass is 9.46. The third-order valence-electron chi connectivity index (χ3n) is 6.74. The van der Waals surface area contributed by atoms with E-state index >= 15 is 0 Å². The first-order valence-corrected chi connectivity index (χ1v) is 9.56. The summed E-state index contributed by atoms with van der Waals surface area (Å²) in [5.41, 5.74) is 2.63. The zero-order valence-corrected chi connectivity index (χ0v) is 14.9. The maximum atomic E-state index is 4.40. The summed E-state index contributed by atoms with van der Waals surface area (Å²) in [5.74, 6) is 8.92. The average molecular weight is 331 g/mol. The highest BCUT2D eigenvalue weighted by Crippen LogP contribution is 2.63. The minimum Gasteiger partial charge on any atom is -0.365 e. The highest BCUT2D eigenvalue weighted by atomic mass is 15.2. The molecule has 5 aliphatic rings. The molecule has 1 aromatic rings. The van der Waals surface area contributed by atoms with E-state index in [-0.39, 0.29) is 5.41 Å². The summed E-state index contributed by atoms with van der Waals surface area (Å²) in [7, 11) is 0. The second-order valence-electron chi connectivity index (χ2n) is 8.69. The molecule has 2 unspecified atom stereocenters. The molecule has 4 bridgehead atoms. The first-order chi connectivity index (χ1) is 12.1. The summed E-state index contributed by atoms with van der Waals surface area (Å²) < 4.78 is 0. The number of aliphatic imine (C=N–C) groups is 1. The molecule has 0 amide bonds. The molecular formula is C22H25N3. The Balaban J connectivity index is 1.47. The first kappa shape index (κ1) is 15.2. The molecule has 3 nitrogen and oxygen atoms in total. The summed E-state index contributed by atoms with van der Waals surface area (Å²) in [5, 5.41) is 0. The number of aromatic nitrogens is 1. The van der Waals surface area contributed by atoms with E-state index in [2.05, 4.69) is 51.3 Å². The van der Waals surface area contributed by atoms with Gasteiger partial charge >= 0.3 is 0 Å². The van der Waals surface area contributed by atoms with Gasteiger partial charge in [0.15, 0.2) is 0 Å². The van der Waals surface area contributed by atoms with E-state index in [0.717, 1.165) is 29.6 Å². The molecule has 3 heteroatoms. The minimum absolute atomic E-state index is 0.206. The molecule has 1 aliphatic heterocycles. The Morgan fingerprint density at radius 1 is 1.16 bits per heavy atom. The van der Waals surface area contributed by atoms with Gasteiger partial charge in [-0.2, -0.15) is 0 Å². The van der Waals surface area contributed by atoms with E-state index in [1.54, 1.807) is 0 Å². The third kappa shape index (κ3) is 2.59. The molecule has 128 valence electrons. The maximum absolute atomic E-state index is 4.40. The third-order valence-corrected chi connectivity index (χ3v) is 6.74. The van der Waals surface area contributed by atoms with Crippen LogP contribution in [0, 0.1) is 36.0 Å². The van der Waals surface area contributed by atoms with Crippen molar-refractivity contribution in [2.24, 2.45) is 22.2 Å². The summed E-state index contributed by atoms with van der Waals surface area (Å²) in [4.78, 5) is 11.2. The predicted molar refractivity (Wildman–Crippen MR) is 100 cm³/mol. The van der Waals surface area contributed by atoms with Crippen molar-refractivity contribution in [3.63, 3.8) is 0 Å². The van der Waals surface area contributed by atoms with Crippen molar-refractivity contribution < 1.29 is 0 Å². The summed E-state index contributed by atoms with van der Waals surface area (Å²) >= 11 is 0. The average Bonchev–Trinajstić information content (AvgIpc) is 2.61. The topological polar surface area (TPSA) is 28.5 Å². The summed E-state index contributed by atoms with van der Waals surface area (Å²) in [6.45, 7) is 2.98. The number of hydrogen-bond donors (Lipinski definition) is 0. The van der Waals surface area contributed by atoms with Crippen LogP contribution in [0.2, 0.25) is 0 Å². The van der Waals surface area contributed by atoms with Crippen molar-refractivity contribution in [2.45, 2.75) is 51.0 Å². The lowest BCUT2D eigenvalue weighted by Crippen LogP contribution is -2.62. The largest absolute Gasteiger partial charge is 0.365 e. The van der Waals surface area contributed by atoms with E-state index in [1.165, 1.54) is 38.5 Å². The lowest BCUT2D eigenvalue weighted by molar-refractivity contribution is -0.0923. The molecule has 4 saturated carbocycles. The van der Waals surface area contributed by atoms with Crippen LogP contribution in [0.15, 0.2) is 35.7 Å². The molecule has 0 aromatic carbocycles. The molecule has 4 aliphatic carbocycles. The van der Waals surface area contributed by atoms with Crippen LogP contribution in [0.5, 0.6) is 0 Å². The SMILES string of the molecule is Cc1ccc(C#CC23CC4CC(C2)CC(N2C=CN=CC2)(C4)C3)cn1. The van der Waals surface area contributed by atoms with E-state index in [9.17, 15) is 0 Å². The van der Waals surface area contributed by atoms with Gasteiger partial charge in [-0.25, -0.2) is 0 Å². The lowest BCUT2D eigenvalue weighted by Gasteiger charge is -2.63. The highest BCUT2D eigenvalue weighted by Gasteiger charge is 2.58. The van der Waals surface area contributed by atoms with Gasteiger partial charge in [0, 0.05) is 47.0 Å². The van der Waals surface area contributed by atoms with Crippen LogP contribution in [0.25, 0.3) is 0 Å². The van der Waals surface area contributed by atoms with Gasteiger partial charge in [-0.3, -0.25) is 9.98 Å². The molecule has 6 rings (SSSR count). The van der Waals surface area contributed by atoms with Gasteiger partial charge in [0.2, 0.25) is 0 Å². The Kier molecular flexibility index (Phi) is 3.32. The van der Waals surface area contributed by atoms with Crippen molar-refractivity contribution >= 4 is 6.21 Å². The Morgan fingerprint density at radius 3 is 2.68 bits per heavy atom. The van der Waals surface area contributed by atoms with Crippen LogP contribution in [0.3, 0.4) is 0 Å². The van der Waals surface area contributed by atoms with E-state index in [1.807, 2.05) is 19.3 Å². The Labute approximate surface area is 150 Å². The second-order valence-corrected chi connectivity index (χ2v) is 8.69. The standard InChI is InChI=1S/C22H25N3/c1-17-2-3-18(15-24-17)4-5-21-11-19-10-20(12-21)14-22(13-19,16-21)25-8-6-23-7-9-25/h2-3,6-8,15,19-20H,9-14,16H2,1H3. The molecule has 2 atom stereocenters. The van der Waals surface area contributed by atoms with Crippen molar-refractivity contribution in [1.29, 1.82) is 0 Å². The normalized spacial score (nSPS) is 37.9. The molecule has 0 spiro atoms. The van der Waals surface area contributed by atoms with Gasteiger partial charge in [0.1, 0.15) is 0 Å². The molecule has 0 N–H and O–H groups in total. The van der Waals surface area contributed by atoms with Crippen LogP contribution < -0.4 is 0 Å². The Hall–Kier alpha value is -2.08. The van der Waals surface area contributed by atoms with Crippen molar-refractivity contribution in [1.82, 2.24) is 9.88 Å². The van der Waals surface area contributed by atoms with Crippen LogP contribution >= 0.6 is 0 Å². The minimum atomic E-state index is 0.206. The van der Waals surface area contributed by atoms with Gasteiger partial charge in [-0.15, -0.1) is 0 Å². The van der Waals surface area contributed by atoms with Crippen LogP contribution in [-0.2, 0) is 0 Å². The fourth-order valence-electron chi connectivity index (χ4n) is 6.17. The number of pyridine rings is 1. The summed E-state index contributed by atoms with van der Waals surface area (Å²) in [6.07, 6.45) is 16.1. The molecule has 0 saturated heterocycles. The van der Waals surface area contributed by atoms with E-state index in [4.69, 9.17) is 0 Å². The molecule has 25 heavy (non-hydrogen) atoms. The molecular weight excluding hydrogens is 306 g/mol. The van der Waals surface area contributed by atoms with Gasteiger partial charge in [-0.05, 0) is 69.4 Å². The van der Waals surface area contributed by atoms with Crippen molar-refractivity contribution in [2.75, 3.05) is 6.54 Å². The highest BCUT2D eigenvalue weighted by molar-refractivity contribution is 5.62. The van der Waals surface area contributed by atoms with Crippen LogP contribution in [0.4, 0.5) is 0 Å². The monoisotopic (exact) mass is 331 g/mol. The smallest absolute Gasteiger partial charge is 0.0533 e. The fourth-order valence-corrected chi connectivity index (χ4v) is 6.17. The van der Waals surface area contributed by atoms with Crippen LogP contribution in [0.1, 0.15) is 49.8 Å². The number of hydrogen-bond acceptors (Lipinski definition) is 3. The van der Waals surface area contributed by atoms with Crippen LogP contribution in [-0.4, -0.2) is 28.2 Å². The van der Waals surface area contributed by atoms with Gasteiger partial charge in [-0.1, -0.05) is 11.8 Å². The Bertz CT molecular complexity index is 779. The zero-order valence-electron chi connectivity index (χ0n) is 14.9. The predicted octanol–water partition coefficient (Wildman–Crippen LogP) is 3.94. The Morgan fingerprint density at radius 2 is 2.00 bits per heavy atom. The van der Waals surface area contributed by atoms with Gasteiger partial charge < -0.3 is 4.90 Å². The van der Waals surface area contributed by atoms with E-state index in [0.29, 0.717) is 5.54 Å². The molecule has 4 fully saturated rings. The number of aryl methyl sites for hydroxylation is 1. The summed E-state index contributed by atoms with van der Waals surface area (Å²) in [6, 6.07) is 4.17. The van der Waals surface area contributed by atoms with Crippen molar-refractivity contribution in [3.8, 4) is 11.8 Å². The number of rotatable bonds is 1. The van der Waals surface area contributed by atoms with Crippen molar-refractivity contribution in [3.05, 3.63) is 42.0 Å². The van der Waals surface area contributed by atoms with Gasteiger partial charge in [0.05, 0.1) is 6.54 Å². The quantitative estimate of drug-likeness (QED) is 0.729. The fraction of sp³-hybridized carbons (Fsp3) is 0.545. The second kappa shape index (κ2) is 5.46. The first-order valence-electron chi connectivity index (χ1n) is 9.56. The zero-order chi connectivity index (χ0) is 16.9.